The van der Waals surface area contributed by atoms with Gasteiger partial charge < -0.3 is 0 Å². The van der Waals surface area contributed by atoms with E-state index in [0.717, 1.165) is 20.6 Å². The number of halogens is 2. The van der Waals surface area contributed by atoms with E-state index < -0.39 is 22.5 Å². The lowest BCUT2D eigenvalue weighted by atomic mass is 10.2. The lowest BCUT2D eigenvalue weighted by Gasteiger charge is -2.23. The Bertz CT molecular complexity index is 931. The SMILES string of the molecule is Cc1c(Cl)cccc1N(CC(=O)N/N=C\c1ccc(Br)cc1)S(C)(=O)=O. The molecular formula is C17H17BrClN3O3S. The summed E-state index contributed by atoms with van der Waals surface area (Å²) < 4.78 is 26.2. The Morgan fingerprint density at radius 1 is 1.27 bits per heavy atom. The van der Waals surface area contributed by atoms with Crippen molar-refractivity contribution in [3.8, 4) is 0 Å². The van der Waals surface area contributed by atoms with Gasteiger partial charge in [0, 0.05) is 9.50 Å². The maximum Gasteiger partial charge on any atom is 0.260 e. The van der Waals surface area contributed by atoms with Gasteiger partial charge in [-0.15, -0.1) is 0 Å². The molecule has 0 saturated carbocycles. The third-order valence-corrected chi connectivity index (χ3v) is 5.53. The van der Waals surface area contributed by atoms with Crippen molar-refractivity contribution in [3.63, 3.8) is 0 Å². The van der Waals surface area contributed by atoms with E-state index in [2.05, 4.69) is 26.5 Å². The first-order valence-corrected chi connectivity index (χ1v) is 10.5. The van der Waals surface area contributed by atoms with Crippen LogP contribution in [0.25, 0.3) is 0 Å². The van der Waals surface area contributed by atoms with E-state index >= 15 is 0 Å². The van der Waals surface area contributed by atoms with E-state index in [4.69, 9.17) is 11.6 Å². The van der Waals surface area contributed by atoms with Crippen LogP contribution in [0.15, 0.2) is 52.0 Å². The number of hydrogen-bond donors (Lipinski definition) is 1. The normalized spacial score (nSPS) is 11.5. The molecule has 1 N–H and O–H groups in total. The molecule has 0 aliphatic heterocycles. The molecule has 138 valence electrons. The third-order valence-electron chi connectivity index (χ3n) is 3.47. The largest absolute Gasteiger partial charge is 0.271 e. The zero-order valence-corrected chi connectivity index (χ0v) is 17.3. The van der Waals surface area contributed by atoms with Crippen LogP contribution in [0.3, 0.4) is 0 Å². The molecule has 0 aliphatic carbocycles. The minimum absolute atomic E-state index is 0.354. The van der Waals surface area contributed by atoms with Crippen molar-refractivity contribution >= 4 is 55.4 Å². The number of hydrogen-bond acceptors (Lipinski definition) is 4. The van der Waals surface area contributed by atoms with Crippen LogP contribution in [-0.4, -0.2) is 33.3 Å². The molecule has 2 rings (SSSR count). The van der Waals surface area contributed by atoms with Gasteiger partial charge in [-0.25, -0.2) is 13.8 Å². The average Bonchev–Trinajstić information content (AvgIpc) is 2.56. The number of rotatable bonds is 6. The molecule has 0 fully saturated rings. The lowest BCUT2D eigenvalue weighted by molar-refractivity contribution is -0.119. The van der Waals surface area contributed by atoms with Crippen molar-refractivity contribution in [1.29, 1.82) is 0 Å². The van der Waals surface area contributed by atoms with Gasteiger partial charge in [-0.05, 0) is 42.3 Å². The number of nitrogens with one attached hydrogen (secondary N) is 1. The minimum atomic E-state index is -3.68. The molecule has 9 heteroatoms. The summed E-state index contributed by atoms with van der Waals surface area (Å²) in [5.41, 5.74) is 4.05. The highest BCUT2D eigenvalue weighted by atomic mass is 79.9. The first-order valence-electron chi connectivity index (χ1n) is 7.49. The number of benzene rings is 2. The molecule has 2 aromatic rings. The molecule has 0 saturated heterocycles. The van der Waals surface area contributed by atoms with E-state index in [-0.39, 0.29) is 0 Å². The number of carbonyl (C=O) groups excluding carboxylic acids is 1. The maximum absolute atomic E-state index is 12.1. The van der Waals surface area contributed by atoms with Gasteiger partial charge in [0.15, 0.2) is 0 Å². The van der Waals surface area contributed by atoms with E-state index in [0.29, 0.717) is 16.3 Å². The van der Waals surface area contributed by atoms with Crippen LogP contribution in [-0.2, 0) is 14.8 Å². The summed E-state index contributed by atoms with van der Waals surface area (Å²) in [7, 11) is -3.68. The van der Waals surface area contributed by atoms with Gasteiger partial charge in [-0.1, -0.05) is 45.7 Å². The fourth-order valence-corrected chi connectivity index (χ4v) is 3.48. The fourth-order valence-electron chi connectivity index (χ4n) is 2.14. The van der Waals surface area contributed by atoms with Crippen molar-refractivity contribution < 1.29 is 13.2 Å². The van der Waals surface area contributed by atoms with Crippen molar-refractivity contribution in [2.75, 3.05) is 17.1 Å². The van der Waals surface area contributed by atoms with Gasteiger partial charge in [-0.2, -0.15) is 5.10 Å². The van der Waals surface area contributed by atoms with E-state index in [1.165, 1.54) is 6.21 Å². The zero-order valence-electron chi connectivity index (χ0n) is 14.1. The molecule has 6 nitrogen and oxygen atoms in total. The van der Waals surface area contributed by atoms with Crippen LogP contribution in [0, 0.1) is 6.92 Å². The second-order valence-electron chi connectivity index (χ2n) is 5.50. The van der Waals surface area contributed by atoms with Crippen LogP contribution in [0.1, 0.15) is 11.1 Å². The predicted octanol–water partition coefficient (Wildman–Crippen LogP) is 3.33. The Labute approximate surface area is 166 Å². The Kier molecular flexibility index (Phi) is 6.80. The molecule has 1 amide bonds. The lowest BCUT2D eigenvalue weighted by Crippen LogP contribution is -2.39. The van der Waals surface area contributed by atoms with Crippen LogP contribution >= 0.6 is 27.5 Å². The summed E-state index contributed by atoms with van der Waals surface area (Å²) in [6.07, 6.45) is 2.51. The number of anilines is 1. The molecule has 0 unspecified atom stereocenters. The van der Waals surface area contributed by atoms with Gasteiger partial charge in [0.2, 0.25) is 10.0 Å². The van der Waals surface area contributed by atoms with Crippen molar-refractivity contribution in [3.05, 3.63) is 63.1 Å². The summed E-state index contributed by atoms with van der Waals surface area (Å²) in [5.74, 6) is -0.567. The second kappa shape index (κ2) is 8.66. The molecule has 0 radical (unpaired) electrons. The maximum atomic E-state index is 12.1. The number of amides is 1. The smallest absolute Gasteiger partial charge is 0.260 e. The van der Waals surface area contributed by atoms with Crippen molar-refractivity contribution in [1.82, 2.24) is 5.43 Å². The molecular weight excluding hydrogens is 442 g/mol. The average molecular weight is 459 g/mol. The number of hydrazone groups is 1. The van der Waals surface area contributed by atoms with Crippen LogP contribution in [0.5, 0.6) is 0 Å². The minimum Gasteiger partial charge on any atom is -0.271 e. The van der Waals surface area contributed by atoms with Crippen molar-refractivity contribution in [2.45, 2.75) is 6.92 Å². The Balaban J connectivity index is 2.12. The van der Waals surface area contributed by atoms with Crippen LogP contribution < -0.4 is 9.73 Å². The second-order valence-corrected chi connectivity index (χ2v) is 8.73. The Hall–Kier alpha value is -1.90. The first-order chi connectivity index (χ1) is 12.2. The molecule has 0 atom stereocenters. The van der Waals surface area contributed by atoms with Gasteiger partial charge >= 0.3 is 0 Å². The highest BCUT2D eigenvalue weighted by Gasteiger charge is 2.22. The van der Waals surface area contributed by atoms with Crippen molar-refractivity contribution in [2.24, 2.45) is 5.10 Å². The van der Waals surface area contributed by atoms with Crippen LogP contribution in [0.4, 0.5) is 5.69 Å². The van der Waals surface area contributed by atoms with E-state index in [1.54, 1.807) is 25.1 Å². The van der Waals surface area contributed by atoms with Gasteiger partial charge in [0.1, 0.15) is 6.54 Å². The summed E-state index contributed by atoms with van der Waals surface area (Å²) in [6.45, 7) is 1.29. The summed E-state index contributed by atoms with van der Waals surface area (Å²) in [4.78, 5) is 12.1. The topological polar surface area (TPSA) is 78.8 Å². The highest BCUT2D eigenvalue weighted by Crippen LogP contribution is 2.27. The van der Waals surface area contributed by atoms with Gasteiger partial charge in [-0.3, -0.25) is 9.10 Å². The molecule has 0 aliphatic rings. The van der Waals surface area contributed by atoms with Gasteiger partial charge in [0.05, 0.1) is 18.2 Å². The summed E-state index contributed by atoms with van der Waals surface area (Å²) in [5, 5.41) is 4.27. The Morgan fingerprint density at radius 2 is 1.92 bits per heavy atom. The Morgan fingerprint density at radius 3 is 2.54 bits per heavy atom. The van der Waals surface area contributed by atoms with Crippen LogP contribution in [0.2, 0.25) is 5.02 Å². The molecule has 0 bridgehead atoms. The number of sulfonamides is 1. The summed E-state index contributed by atoms with van der Waals surface area (Å²) >= 11 is 9.39. The summed E-state index contributed by atoms with van der Waals surface area (Å²) in [6, 6.07) is 12.2. The predicted molar refractivity (Wildman–Crippen MR) is 108 cm³/mol. The number of carbonyl (C=O) groups is 1. The highest BCUT2D eigenvalue weighted by molar-refractivity contribution is 9.10. The van der Waals surface area contributed by atoms with E-state index in [1.807, 2.05) is 24.3 Å². The molecule has 0 aromatic heterocycles. The molecule has 0 heterocycles. The zero-order chi connectivity index (χ0) is 19.3. The standard InChI is InChI=1S/C17H17BrClN3O3S/c1-12-15(19)4-3-5-16(12)22(26(2,24)25)11-17(23)21-20-10-13-6-8-14(18)9-7-13/h3-10H,11H2,1-2H3,(H,21,23)/b20-10-. The van der Waals surface area contributed by atoms with E-state index in [9.17, 15) is 13.2 Å². The third kappa shape index (κ3) is 5.55. The molecule has 26 heavy (non-hydrogen) atoms. The van der Waals surface area contributed by atoms with Gasteiger partial charge in [0.25, 0.3) is 5.91 Å². The fraction of sp³-hybridized carbons (Fsp3) is 0.176. The quantitative estimate of drug-likeness (QED) is 0.533. The molecule has 2 aromatic carbocycles. The monoisotopic (exact) mass is 457 g/mol. The first kappa shape index (κ1) is 20.4. The number of nitrogens with zero attached hydrogens (tertiary/aromatic N) is 2. The molecule has 0 spiro atoms.